The molecule has 0 spiro atoms. The summed E-state index contributed by atoms with van der Waals surface area (Å²) in [6.07, 6.45) is 0. The first-order valence-corrected chi connectivity index (χ1v) is 8.38. The maximum Gasteiger partial charge on any atom is 0.437 e. The van der Waals surface area contributed by atoms with Crippen molar-refractivity contribution in [3.8, 4) is 17.2 Å². The summed E-state index contributed by atoms with van der Waals surface area (Å²) in [5, 5.41) is 6.41. The average Bonchev–Trinajstić information content (AvgIpc) is 3.07. The largest absolute Gasteiger partial charge is 0.497 e. The first-order chi connectivity index (χ1) is 13.9. The summed E-state index contributed by atoms with van der Waals surface area (Å²) in [7, 11) is 1.50. The van der Waals surface area contributed by atoms with Crippen LogP contribution in [-0.4, -0.2) is 35.4 Å². The number of esters is 1. The highest BCUT2D eigenvalue weighted by Gasteiger charge is 2.15. The number of nitrogens with one attached hydrogen (secondary N) is 1. The Bertz CT molecular complexity index is 1070. The number of benzene rings is 2. The second-order valence-corrected chi connectivity index (χ2v) is 5.78. The third-order valence-electron chi connectivity index (χ3n) is 3.69. The van der Waals surface area contributed by atoms with Crippen LogP contribution in [0.4, 0.5) is 10.1 Å². The van der Waals surface area contributed by atoms with Gasteiger partial charge in [-0.25, -0.2) is 9.18 Å². The minimum Gasteiger partial charge on any atom is -0.497 e. The molecule has 0 saturated carbocycles. The highest BCUT2D eigenvalue weighted by molar-refractivity contribution is 5.92. The van der Waals surface area contributed by atoms with Gasteiger partial charge in [-0.1, -0.05) is 6.07 Å². The fourth-order valence-electron chi connectivity index (χ4n) is 2.33. The van der Waals surface area contributed by atoms with Gasteiger partial charge in [0, 0.05) is 17.3 Å². The molecule has 1 aromatic heterocycles. The van der Waals surface area contributed by atoms with Gasteiger partial charge in [0.25, 0.3) is 5.91 Å². The van der Waals surface area contributed by atoms with Crippen molar-refractivity contribution in [1.82, 2.24) is 9.78 Å². The third-order valence-corrected chi connectivity index (χ3v) is 3.69. The molecule has 0 aliphatic rings. The predicted octanol–water partition coefficient (Wildman–Crippen LogP) is 1.83. The summed E-state index contributed by atoms with van der Waals surface area (Å²) in [4.78, 5) is 35.6. The van der Waals surface area contributed by atoms with E-state index in [0.717, 1.165) is 4.68 Å². The predicted molar refractivity (Wildman–Crippen MR) is 98.7 cm³/mol. The van der Waals surface area contributed by atoms with Crippen LogP contribution in [0.3, 0.4) is 0 Å². The molecule has 29 heavy (non-hydrogen) atoms. The van der Waals surface area contributed by atoms with E-state index in [1.165, 1.54) is 31.4 Å². The monoisotopic (exact) mass is 401 g/mol. The molecule has 3 aromatic rings. The van der Waals surface area contributed by atoms with Crippen LogP contribution in [0.1, 0.15) is 0 Å². The molecule has 0 atom stereocenters. The lowest BCUT2D eigenvalue weighted by Crippen LogP contribution is -2.26. The molecule has 0 aliphatic heterocycles. The fourth-order valence-corrected chi connectivity index (χ4v) is 2.33. The molecule has 1 heterocycles. The van der Waals surface area contributed by atoms with Crippen LogP contribution in [0, 0.1) is 5.82 Å². The SMILES string of the molecule is COc1cccc(NC(=O)COC(=O)Cn2nc(-c3ccc(F)cc3)oc2=O)c1. The molecule has 0 fully saturated rings. The summed E-state index contributed by atoms with van der Waals surface area (Å²) in [6.45, 7) is -1.09. The van der Waals surface area contributed by atoms with E-state index in [4.69, 9.17) is 13.9 Å². The Morgan fingerprint density at radius 3 is 2.69 bits per heavy atom. The maximum atomic E-state index is 13.0. The molecule has 1 amide bonds. The number of rotatable bonds is 7. The van der Waals surface area contributed by atoms with Crippen LogP contribution in [0.25, 0.3) is 11.5 Å². The van der Waals surface area contributed by atoms with Crippen LogP contribution in [-0.2, 0) is 20.9 Å². The van der Waals surface area contributed by atoms with E-state index in [1.807, 2.05) is 0 Å². The van der Waals surface area contributed by atoms with Crippen molar-refractivity contribution in [2.45, 2.75) is 6.54 Å². The molecule has 2 aromatic carbocycles. The van der Waals surface area contributed by atoms with Gasteiger partial charge in [0.15, 0.2) is 6.61 Å². The summed E-state index contributed by atoms with van der Waals surface area (Å²) < 4.78 is 28.6. The molecular formula is C19H16FN3O6. The minimum absolute atomic E-state index is 0.0708. The number of nitrogens with zero attached hydrogens (tertiary/aromatic N) is 2. The molecular weight excluding hydrogens is 385 g/mol. The van der Waals surface area contributed by atoms with E-state index in [9.17, 15) is 18.8 Å². The van der Waals surface area contributed by atoms with Crippen LogP contribution in [0.2, 0.25) is 0 Å². The zero-order valence-corrected chi connectivity index (χ0v) is 15.3. The number of aromatic nitrogens is 2. The number of ether oxygens (including phenoxy) is 2. The highest BCUT2D eigenvalue weighted by atomic mass is 19.1. The van der Waals surface area contributed by atoms with Crippen molar-refractivity contribution in [1.29, 1.82) is 0 Å². The molecule has 0 saturated heterocycles. The number of amides is 1. The second-order valence-electron chi connectivity index (χ2n) is 5.78. The molecule has 0 unspecified atom stereocenters. The van der Waals surface area contributed by atoms with Gasteiger partial charge in [-0.2, -0.15) is 4.68 Å². The van der Waals surface area contributed by atoms with Gasteiger partial charge in [-0.3, -0.25) is 9.59 Å². The lowest BCUT2D eigenvalue weighted by atomic mass is 10.2. The van der Waals surface area contributed by atoms with E-state index in [0.29, 0.717) is 17.0 Å². The number of anilines is 1. The Balaban J connectivity index is 1.54. The third kappa shape index (κ3) is 5.28. The van der Waals surface area contributed by atoms with Gasteiger partial charge >= 0.3 is 11.7 Å². The van der Waals surface area contributed by atoms with E-state index in [2.05, 4.69) is 10.4 Å². The average molecular weight is 401 g/mol. The highest BCUT2D eigenvalue weighted by Crippen LogP contribution is 2.17. The molecule has 9 nitrogen and oxygen atoms in total. The van der Waals surface area contributed by atoms with E-state index in [1.54, 1.807) is 24.3 Å². The molecule has 0 bridgehead atoms. The normalized spacial score (nSPS) is 10.4. The Hall–Kier alpha value is -3.95. The quantitative estimate of drug-likeness (QED) is 0.601. The second kappa shape index (κ2) is 8.83. The lowest BCUT2D eigenvalue weighted by molar-refractivity contribution is -0.148. The summed E-state index contributed by atoms with van der Waals surface area (Å²) in [5.41, 5.74) is 0.843. The van der Waals surface area contributed by atoms with Gasteiger partial charge in [0.1, 0.15) is 18.1 Å². The van der Waals surface area contributed by atoms with Crippen molar-refractivity contribution in [2.24, 2.45) is 0 Å². The van der Waals surface area contributed by atoms with Crippen molar-refractivity contribution in [3.63, 3.8) is 0 Å². The lowest BCUT2D eigenvalue weighted by Gasteiger charge is -2.07. The van der Waals surface area contributed by atoms with Crippen LogP contribution in [0.5, 0.6) is 5.75 Å². The number of carbonyl (C=O) groups is 2. The number of hydrogen-bond donors (Lipinski definition) is 1. The standard InChI is InChI=1S/C19H16FN3O6/c1-27-15-4-2-3-14(9-15)21-16(24)11-28-17(25)10-23-19(26)29-18(22-23)12-5-7-13(20)8-6-12/h2-9H,10-11H2,1H3,(H,21,24). The van der Waals surface area contributed by atoms with Crippen molar-refractivity contribution in [2.75, 3.05) is 19.0 Å². The first kappa shape index (κ1) is 19.8. The first-order valence-electron chi connectivity index (χ1n) is 8.38. The Morgan fingerprint density at radius 2 is 1.97 bits per heavy atom. The maximum absolute atomic E-state index is 13.0. The zero-order valence-electron chi connectivity index (χ0n) is 15.3. The molecule has 150 valence electrons. The summed E-state index contributed by atoms with van der Waals surface area (Å²) >= 11 is 0. The van der Waals surface area contributed by atoms with Crippen LogP contribution >= 0.6 is 0 Å². The van der Waals surface area contributed by atoms with E-state index in [-0.39, 0.29) is 5.89 Å². The molecule has 1 N–H and O–H groups in total. The van der Waals surface area contributed by atoms with E-state index < -0.39 is 36.6 Å². The van der Waals surface area contributed by atoms with Gasteiger partial charge in [0.2, 0.25) is 5.89 Å². The Morgan fingerprint density at radius 1 is 1.21 bits per heavy atom. The summed E-state index contributed by atoms with van der Waals surface area (Å²) in [6, 6.07) is 11.8. The van der Waals surface area contributed by atoms with Gasteiger partial charge < -0.3 is 19.2 Å². The molecule has 3 rings (SSSR count). The van der Waals surface area contributed by atoms with Crippen molar-refractivity contribution >= 4 is 17.6 Å². The van der Waals surface area contributed by atoms with Crippen molar-refractivity contribution < 1.29 is 27.9 Å². The number of halogens is 1. The van der Waals surface area contributed by atoms with Gasteiger partial charge in [0.05, 0.1) is 7.11 Å². The fraction of sp³-hybridized carbons (Fsp3) is 0.158. The van der Waals surface area contributed by atoms with Gasteiger partial charge in [-0.05, 0) is 36.4 Å². The molecule has 0 radical (unpaired) electrons. The zero-order chi connectivity index (χ0) is 20.8. The topological polar surface area (TPSA) is 113 Å². The van der Waals surface area contributed by atoms with Crippen molar-refractivity contribution in [3.05, 3.63) is 64.9 Å². The number of methoxy groups -OCH3 is 1. The summed E-state index contributed by atoms with van der Waals surface area (Å²) in [5.74, 6) is -2.27. The van der Waals surface area contributed by atoms with Gasteiger partial charge in [-0.15, -0.1) is 5.10 Å². The molecule has 10 heteroatoms. The Kier molecular flexibility index (Phi) is 6.03. The number of carbonyl (C=O) groups excluding carboxylic acids is 2. The van der Waals surface area contributed by atoms with E-state index >= 15 is 0 Å². The van der Waals surface area contributed by atoms with Crippen LogP contribution in [0.15, 0.2) is 57.7 Å². The number of hydrogen-bond acceptors (Lipinski definition) is 7. The minimum atomic E-state index is -0.887. The van der Waals surface area contributed by atoms with Crippen LogP contribution < -0.4 is 15.8 Å². The molecule has 0 aliphatic carbocycles. The smallest absolute Gasteiger partial charge is 0.437 e. The Labute approximate surface area is 163 Å².